The summed E-state index contributed by atoms with van der Waals surface area (Å²) in [5.41, 5.74) is 1.46. The van der Waals surface area contributed by atoms with Gasteiger partial charge in [0.25, 0.3) is 0 Å². The Kier molecular flexibility index (Phi) is 1.63. The Balaban J connectivity index is 2.14. The number of nitrogens with zero attached hydrogens (tertiary/aromatic N) is 1. The summed E-state index contributed by atoms with van der Waals surface area (Å²) >= 11 is 0. The minimum atomic E-state index is 0.596. The zero-order valence-corrected chi connectivity index (χ0v) is 6.10. The van der Waals surface area contributed by atoms with Gasteiger partial charge >= 0.3 is 0 Å². The van der Waals surface area contributed by atoms with Crippen LogP contribution in [0.2, 0.25) is 0 Å². The van der Waals surface area contributed by atoms with Crippen LogP contribution in [0.3, 0.4) is 0 Å². The van der Waals surface area contributed by atoms with Gasteiger partial charge in [0.1, 0.15) is 0 Å². The van der Waals surface area contributed by atoms with Gasteiger partial charge < -0.3 is 4.74 Å². The first-order valence-corrected chi connectivity index (χ1v) is 3.94. The monoisotopic (exact) mass is 138 g/mol. The van der Waals surface area contributed by atoms with Crippen LogP contribution in [0.15, 0.2) is 11.3 Å². The maximum atomic E-state index is 5.39. The smallest absolute Gasteiger partial charge is 0.154 e. The van der Waals surface area contributed by atoms with E-state index in [2.05, 4.69) is 5.32 Å². The van der Waals surface area contributed by atoms with E-state index in [0.717, 1.165) is 13.0 Å². The Hall–Kier alpha value is -0.500. The lowest BCUT2D eigenvalue weighted by Gasteiger charge is -2.24. The molecule has 0 aromatic heterocycles. The quantitative estimate of drug-likeness (QED) is 0.496. The Morgan fingerprint density at radius 2 is 2.10 bits per heavy atom. The predicted octanol–water partition coefficient (Wildman–Crippen LogP) is 1.41. The van der Waals surface area contributed by atoms with Crippen molar-refractivity contribution in [1.82, 2.24) is 5.32 Å². The predicted molar refractivity (Wildman–Crippen MR) is 38.4 cm³/mol. The summed E-state index contributed by atoms with van der Waals surface area (Å²) in [6.07, 6.45) is 5.01. The maximum Gasteiger partial charge on any atom is 0.154 e. The second-order valence-corrected chi connectivity index (χ2v) is 2.89. The molecule has 0 amide bonds. The number of hydrogen-bond donors (Lipinski definition) is 0. The van der Waals surface area contributed by atoms with Gasteiger partial charge in [0.05, 0.1) is 5.76 Å². The summed E-state index contributed by atoms with van der Waals surface area (Å²) in [5, 5.41) is 4.18. The number of rotatable bonds is 0. The fourth-order valence-electron chi connectivity index (χ4n) is 1.59. The van der Waals surface area contributed by atoms with Crippen molar-refractivity contribution in [2.24, 2.45) is 0 Å². The van der Waals surface area contributed by atoms with E-state index in [0.29, 0.717) is 6.73 Å². The zero-order valence-electron chi connectivity index (χ0n) is 6.10. The van der Waals surface area contributed by atoms with Gasteiger partial charge in [0, 0.05) is 13.0 Å². The van der Waals surface area contributed by atoms with Gasteiger partial charge in [-0.05, 0) is 24.8 Å². The number of allylic oxidation sites excluding steroid dienone is 1. The molecular weight excluding hydrogens is 126 g/mol. The van der Waals surface area contributed by atoms with Crippen molar-refractivity contribution in [3.63, 3.8) is 0 Å². The van der Waals surface area contributed by atoms with E-state index >= 15 is 0 Å². The first-order valence-electron chi connectivity index (χ1n) is 3.94. The van der Waals surface area contributed by atoms with Crippen molar-refractivity contribution in [3.05, 3.63) is 11.3 Å². The van der Waals surface area contributed by atoms with E-state index in [4.69, 9.17) is 4.74 Å². The summed E-state index contributed by atoms with van der Waals surface area (Å²) in [7, 11) is 0. The van der Waals surface area contributed by atoms with Crippen LogP contribution in [0.4, 0.5) is 0 Å². The highest BCUT2D eigenvalue weighted by molar-refractivity contribution is 5.14. The topological polar surface area (TPSA) is 23.3 Å². The summed E-state index contributed by atoms with van der Waals surface area (Å²) < 4.78 is 5.39. The molecule has 0 atom stereocenters. The van der Waals surface area contributed by atoms with Crippen LogP contribution in [-0.4, -0.2) is 13.3 Å². The SMILES string of the molecule is C1CCC2=C(C1)C[N]CO2. The third-order valence-corrected chi connectivity index (χ3v) is 2.16. The highest BCUT2D eigenvalue weighted by Crippen LogP contribution is 2.26. The third kappa shape index (κ3) is 1.03. The highest BCUT2D eigenvalue weighted by atomic mass is 16.5. The summed E-state index contributed by atoms with van der Waals surface area (Å²) in [5.74, 6) is 1.25. The molecule has 0 N–H and O–H groups in total. The lowest BCUT2D eigenvalue weighted by atomic mass is 9.97. The molecule has 0 aromatic rings. The van der Waals surface area contributed by atoms with Crippen molar-refractivity contribution in [3.8, 4) is 0 Å². The van der Waals surface area contributed by atoms with Crippen LogP contribution >= 0.6 is 0 Å². The number of hydrogen-bond acceptors (Lipinski definition) is 1. The van der Waals surface area contributed by atoms with Gasteiger partial charge in [-0.2, -0.15) is 5.32 Å². The first-order chi connectivity index (χ1) is 4.97. The average molecular weight is 138 g/mol. The first kappa shape index (κ1) is 6.23. The summed E-state index contributed by atoms with van der Waals surface area (Å²) in [6.45, 7) is 1.54. The van der Waals surface area contributed by atoms with Gasteiger partial charge in [0.2, 0.25) is 0 Å². The van der Waals surface area contributed by atoms with E-state index in [1.54, 1.807) is 0 Å². The Morgan fingerprint density at radius 3 is 3.00 bits per heavy atom. The number of ether oxygens (including phenoxy) is 1. The van der Waals surface area contributed by atoms with Crippen molar-refractivity contribution < 1.29 is 4.74 Å². The van der Waals surface area contributed by atoms with Crippen LogP contribution in [0.5, 0.6) is 0 Å². The molecule has 0 saturated carbocycles. The van der Waals surface area contributed by atoms with E-state index < -0.39 is 0 Å². The maximum absolute atomic E-state index is 5.39. The van der Waals surface area contributed by atoms with E-state index in [9.17, 15) is 0 Å². The van der Waals surface area contributed by atoms with Crippen LogP contribution in [0, 0.1) is 0 Å². The molecule has 0 spiro atoms. The molecule has 1 heterocycles. The van der Waals surface area contributed by atoms with E-state index in [1.165, 1.54) is 30.6 Å². The van der Waals surface area contributed by atoms with Crippen LogP contribution in [0.1, 0.15) is 25.7 Å². The molecule has 2 rings (SSSR count). The molecule has 1 aliphatic carbocycles. The molecule has 2 nitrogen and oxygen atoms in total. The van der Waals surface area contributed by atoms with Crippen LogP contribution < -0.4 is 5.32 Å². The lowest BCUT2D eigenvalue weighted by Crippen LogP contribution is -2.22. The molecule has 0 aromatic carbocycles. The minimum absolute atomic E-state index is 0.596. The molecule has 55 valence electrons. The van der Waals surface area contributed by atoms with Crippen molar-refractivity contribution in [2.45, 2.75) is 25.7 Å². The summed E-state index contributed by atoms with van der Waals surface area (Å²) in [6, 6.07) is 0. The largest absolute Gasteiger partial charge is 0.481 e. The van der Waals surface area contributed by atoms with Crippen LogP contribution in [-0.2, 0) is 4.74 Å². The average Bonchev–Trinajstić information content (AvgIpc) is 2.05. The third-order valence-electron chi connectivity index (χ3n) is 2.16. The molecular formula is C8H12NO. The molecule has 2 aliphatic rings. The lowest BCUT2D eigenvalue weighted by molar-refractivity contribution is 0.150. The molecule has 0 unspecified atom stereocenters. The van der Waals surface area contributed by atoms with Gasteiger partial charge in [0.15, 0.2) is 6.73 Å². The Bertz CT molecular complexity index is 129. The summed E-state index contributed by atoms with van der Waals surface area (Å²) in [4.78, 5) is 0. The zero-order chi connectivity index (χ0) is 6.81. The molecule has 0 fully saturated rings. The fourth-order valence-corrected chi connectivity index (χ4v) is 1.59. The molecule has 2 heteroatoms. The van der Waals surface area contributed by atoms with Gasteiger partial charge in [-0.1, -0.05) is 0 Å². The van der Waals surface area contributed by atoms with E-state index in [-0.39, 0.29) is 0 Å². The second-order valence-electron chi connectivity index (χ2n) is 2.89. The Labute approximate surface area is 61.3 Å². The van der Waals surface area contributed by atoms with Crippen molar-refractivity contribution in [1.29, 1.82) is 0 Å². The van der Waals surface area contributed by atoms with E-state index in [1.807, 2.05) is 0 Å². The molecule has 1 aliphatic heterocycles. The fraction of sp³-hybridized carbons (Fsp3) is 0.750. The van der Waals surface area contributed by atoms with Crippen molar-refractivity contribution in [2.75, 3.05) is 13.3 Å². The van der Waals surface area contributed by atoms with Crippen LogP contribution in [0.25, 0.3) is 0 Å². The normalized spacial score (nSPS) is 25.6. The molecule has 1 radical (unpaired) electrons. The standard InChI is InChI=1S/C8H12NO/c1-2-4-8-7(3-1)5-9-6-10-8/h1-6H2. The molecule has 10 heavy (non-hydrogen) atoms. The van der Waals surface area contributed by atoms with Gasteiger partial charge in [-0.15, -0.1) is 0 Å². The second kappa shape index (κ2) is 2.62. The molecule has 0 bridgehead atoms. The van der Waals surface area contributed by atoms with Gasteiger partial charge in [-0.25, -0.2) is 0 Å². The van der Waals surface area contributed by atoms with Crippen molar-refractivity contribution >= 4 is 0 Å². The van der Waals surface area contributed by atoms with Gasteiger partial charge in [-0.3, -0.25) is 0 Å². The Morgan fingerprint density at radius 1 is 1.20 bits per heavy atom. The minimum Gasteiger partial charge on any atom is -0.481 e. The highest BCUT2D eigenvalue weighted by Gasteiger charge is 2.17. The molecule has 0 saturated heterocycles.